The summed E-state index contributed by atoms with van der Waals surface area (Å²) in [6.45, 7) is 3.35. The molecule has 18 heavy (non-hydrogen) atoms. The van der Waals surface area contributed by atoms with E-state index in [9.17, 15) is 4.79 Å². The number of nitrogens with zero attached hydrogens (tertiary/aromatic N) is 1. The van der Waals surface area contributed by atoms with Gasteiger partial charge >= 0.3 is 0 Å². The molecule has 3 nitrogen and oxygen atoms in total. The number of carbonyl (C=O) groups excluding carboxylic acids is 1. The Morgan fingerprint density at radius 2 is 2.00 bits per heavy atom. The molecule has 0 aromatic heterocycles. The SMILES string of the molecule is CC(=O)C/C(C)=N/NC(=S)SCc1ccccc1. The first-order valence-electron chi connectivity index (χ1n) is 5.57. The maximum Gasteiger partial charge on any atom is 0.154 e. The van der Waals surface area contributed by atoms with Crippen molar-refractivity contribution in [3.63, 3.8) is 0 Å². The van der Waals surface area contributed by atoms with Gasteiger partial charge in [-0.2, -0.15) is 5.10 Å². The van der Waals surface area contributed by atoms with Crippen molar-refractivity contribution < 1.29 is 4.79 Å². The average molecular weight is 280 g/mol. The van der Waals surface area contributed by atoms with Crippen LogP contribution in [0.15, 0.2) is 35.4 Å². The van der Waals surface area contributed by atoms with Crippen LogP contribution in [0.4, 0.5) is 0 Å². The first-order chi connectivity index (χ1) is 8.58. The van der Waals surface area contributed by atoms with Crippen molar-refractivity contribution in [1.29, 1.82) is 0 Å². The van der Waals surface area contributed by atoms with Crippen molar-refractivity contribution in [2.75, 3.05) is 0 Å². The summed E-state index contributed by atoms with van der Waals surface area (Å²) < 4.78 is 0.613. The number of nitrogens with one attached hydrogen (secondary N) is 1. The number of carbonyl (C=O) groups is 1. The van der Waals surface area contributed by atoms with Crippen LogP contribution in [0.2, 0.25) is 0 Å². The van der Waals surface area contributed by atoms with Crippen LogP contribution >= 0.6 is 24.0 Å². The van der Waals surface area contributed by atoms with Gasteiger partial charge < -0.3 is 0 Å². The minimum Gasteiger partial charge on any atom is -0.300 e. The molecule has 0 bridgehead atoms. The second-order valence-corrected chi connectivity index (χ2v) is 5.55. The molecule has 0 unspecified atom stereocenters. The highest BCUT2D eigenvalue weighted by Crippen LogP contribution is 2.12. The van der Waals surface area contributed by atoms with Crippen LogP contribution in [0.1, 0.15) is 25.8 Å². The highest BCUT2D eigenvalue weighted by atomic mass is 32.2. The predicted octanol–water partition coefficient (Wildman–Crippen LogP) is 3.15. The molecule has 0 amide bonds. The lowest BCUT2D eigenvalue weighted by Crippen LogP contribution is -2.14. The number of thiocarbonyl (C=S) groups is 1. The number of hydrogen-bond acceptors (Lipinski definition) is 4. The zero-order chi connectivity index (χ0) is 13.4. The minimum absolute atomic E-state index is 0.0981. The summed E-state index contributed by atoms with van der Waals surface area (Å²) in [7, 11) is 0. The second-order valence-electron chi connectivity index (χ2n) is 3.90. The molecule has 1 N–H and O–H groups in total. The van der Waals surface area contributed by atoms with Gasteiger partial charge in [0.1, 0.15) is 5.78 Å². The number of ketones is 1. The zero-order valence-electron chi connectivity index (χ0n) is 10.5. The Hall–Kier alpha value is -1.20. The third-order valence-corrected chi connectivity index (χ3v) is 3.33. The molecule has 0 fully saturated rings. The maximum absolute atomic E-state index is 10.9. The standard InChI is InChI=1S/C13H16N2OS2/c1-10(8-11(2)16)14-15-13(17)18-9-12-6-4-3-5-7-12/h3-7H,8-9H2,1-2H3,(H,15,17)/b14-10+. The molecular formula is C13H16N2OS2. The molecule has 0 aliphatic carbocycles. The Morgan fingerprint density at radius 1 is 1.33 bits per heavy atom. The Labute approximate surface area is 117 Å². The molecule has 1 rings (SSSR count). The first-order valence-corrected chi connectivity index (χ1v) is 6.96. The Morgan fingerprint density at radius 3 is 2.61 bits per heavy atom. The van der Waals surface area contributed by atoms with Gasteiger partial charge in [-0.15, -0.1) is 0 Å². The van der Waals surface area contributed by atoms with Gasteiger partial charge in [-0.1, -0.05) is 54.3 Å². The highest BCUT2D eigenvalue weighted by molar-refractivity contribution is 8.22. The van der Waals surface area contributed by atoms with Crippen molar-refractivity contribution in [3.8, 4) is 0 Å². The number of hydrogen-bond donors (Lipinski definition) is 1. The lowest BCUT2D eigenvalue weighted by Gasteiger charge is -2.04. The molecule has 0 spiro atoms. The van der Waals surface area contributed by atoms with Crippen molar-refractivity contribution in [2.45, 2.75) is 26.0 Å². The molecular weight excluding hydrogens is 264 g/mol. The van der Waals surface area contributed by atoms with Crippen LogP contribution in [-0.4, -0.2) is 15.8 Å². The predicted molar refractivity (Wildman–Crippen MR) is 81.9 cm³/mol. The van der Waals surface area contributed by atoms with Gasteiger partial charge in [0.25, 0.3) is 0 Å². The summed E-state index contributed by atoms with van der Waals surface area (Å²) in [5.74, 6) is 0.912. The van der Waals surface area contributed by atoms with E-state index in [0.717, 1.165) is 11.5 Å². The Balaban J connectivity index is 2.32. The maximum atomic E-state index is 10.9. The molecule has 96 valence electrons. The van der Waals surface area contributed by atoms with E-state index in [1.807, 2.05) is 18.2 Å². The van der Waals surface area contributed by atoms with Crippen molar-refractivity contribution in [1.82, 2.24) is 5.43 Å². The molecule has 0 radical (unpaired) electrons. The molecule has 0 aliphatic rings. The lowest BCUT2D eigenvalue weighted by atomic mass is 10.2. The smallest absolute Gasteiger partial charge is 0.154 e. The molecule has 5 heteroatoms. The number of rotatable bonds is 5. The summed E-state index contributed by atoms with van der Waals surface area (Å²) in [6, 6.07) is 10.1. The fourth-order valence-corrected chi connectivity index (χ4v) is 2.12. The normalized spacial score (nSPS) is 11.1. The van der Waals surface area contributed by atoms with Crippen LogP contribution in [0.25, 0.3) is 0 Å². The Bertz CT molecular complexity index is 444. The fraction of sp³-hybridized carbons (Fsp3) is 0.308. The summed E-state index contributed by atoms with van der Waals surface area (Å²) in [6.07, 6.45) is 0.360. The van der Waals surface area contributed by atoms with E-state index < -0.39 is 0 Å². The van der Waals surface area contributed by atoms with Gasteiger partial charge in [0.2, 0.25) is 0 Å². The van der Waals surface area contributed by atoms with Crippen LogP contribution in [0.5, 0.6) is 0 Å². The third kappa shape index (κ3) is 6.51. The number of hydrazone groups is 1. The number of thioether (sulfide) groups is 1. The van der Waals surface area contributed by atoms with Gasteiger partial charge in [-0.25, -0.2) is 0 Å². The van der Waals surface area contributed by atoms with Crippen molar-refractivity contribution >= 4 is 39.8 Å². The van der Waals surface area contributed by atoms with Crippen LogP contribution in [0, 0.1) is 0 Å². The van der Waals surface area contributed by atoms with Crippen LogP contribution in [0.3, 0.4) is 0 Å². The van der Waals surface area contributed by atoms with E-state index in [4.69, 9.17) is 12.2 Å². The number of benzene rings is 1. The summed E-state index contributed by atoms with van der Waals surface area (Å²) >= 11 is 6.66. The monoisotopic (exact) mass is 280 g/mol. The van der Waals surface area contributed by atoms with E-state index in [1.54, 1.807) is 13.8 Å². The lowest BCUT2D eigenvalue weighted by molar-refractivity contribution is -0.115. The number of Topliss-reactive ketones (excluding diaryl/α,β-unsaturated/α-hetero) is 1. The average Bonchev–Trinajstić information content (AvgIpc) is 2.34. The van der Waals surface area contributed by atoms with Gasteiger partial charge in [0.05, 0.1) is 0 Å². The van der Waals surface area contributed by atoms with E-state index in [1.165, 1.54) is 17.3 Å². The van der Waals surface area contributed by atoms with Crippen LogP contribution in [-0.2, 0) is 10.5 Å². The molecule has 0 saturated carbocycles. The summed E-state index contributed by atoms with van der Waals surface area (Å²) in [5.41, 5.74) is 4.75. The minimum atomic E-state index is 0.0981. The Kier molecular flexibility index (Phi) is 6.60. The van der Waals surface area contributed by atoms with Gasteiger partial charge in [-0.3, -0.25) is 10.2 Å². The van der Waals surface area contributed by atoms with Crippen molar-refractivity contribution in [3.05, 3.63) is 35.9 Å². The van der Waals surface area contributed by atoms with Gasteiger partial charge in [0, 0.05) is 17.9 Å². The molecule has 0 atom stereocenters. The quantitative estimate of drug-likeness (QED) is 0.511. The van der Waals surface area contributed by atoms with E-state index in [0.29, 0.717) is 10.7 Å². The van der Waals surface area contributed by atoms with Gasteiger partial charge in [-0.05, 0) is 19.4 Å². The van der Waals surface area contributed by atoms with E-state index in [2.05, 4.69) is 22.7 Å². The fourth-order valence-electron chi connectivity index (χ4n) is 1.30. The first kappa shape index (κ1) is 14.9. The van der Waals surface area contributed by atoms with Crippen molar-refractivity contribution in [2.24, 2.45) is 5.10 Å². The van der Waals surface area contributed by atoms with E-state index >= 15 is 0 Å². The summed E-state index contributed by atoms with van der Waals surface area (Å²) in [4.78, 5) is 10.9. The largest absolute Gasteiger partial charge is 0.300 e. The van der Waals surface area contributed by atoms with Gasteiger partial charge in [0.15, 0.2) is 4.32 Å². The third-order valence-electron chi connectivity index (χ3n) is 2.06. The second kappa shape index (κ2) is 8.00. The molecule has 0 saturated heterocycles. The van der Waals surface area contributed by atoms with E-state index in [-0.39, 0.29) is 5.78 Å². The zero-order valence-corrected chi connectivity index (χ0v) is 12.1. The van der Waals surface area contributed by atoms with Crippen LogP contribution < -0.4 is 5.43 Å². The molecule has 0 heterocycles. The summed E-state index contributed by atoms with van der Waals surface area (Å²) in [5, 5.41) is 4.06. The molecule has 0 aliphatic heterocycles. The molecule has 1 aromatic rings. The highest BCUT2D eigenvalue weighted by Gasteiger charge is 2.00. The molecule has 1 aromatic carbocycles. The topological polar surface area (TPSA) is 41.5 Å².